The Morgan fingerprint density at radius 3 is 2.78 bits per heavy atom. The second-order valence-electron chi connectivity index (χ2n) is 5.39. The lowest BCUT2D eigenvalue weighted by atomic mass is 10.1. The van der Waals surface area contributed by atoms with Gasteiger partial charge in [-0.05, 0) is 44.4 Å². The van der Waals surface area contributed by atoms with Gasteiger partial charge in [0.25, 0.3) is 0 Å². The molecule has 0 aromatic heterocycles. The monoisotopic (exact) mass is 310 g/mol. The Morgan fingerprint density at radius 1 is 1.33 bits per heavy atom. The smallest absolute Gasteiger partial charge is 0.0380 e. The SMILES string of the molecule is CC(N)c1ccc(N2CCCCCC2C)cc1Br. The van der Waals surface area contributed by atoms with Crippen molar-refractivity contribution < 1.29 is 0 Å². The van der Waals surface area contributed by atoms with Crippen LogP contribution in [0.3, 0.4) is 0 Å². The van der Waals surface area contributed by atoms with Crippen molar-refractivity contribution in [3.63, 3.8) is 0 Å². The van der Waals surface area contributed by atoms with Crippen LogP contribution >= 0.6 is 15.9 Å². The fourth-order valence-corrected chi connectivity index (χ4v) is 3.45. The Hall–Kier alpha value is -0.540. The molecule has 0 aliphatic carbocycles. The Morgan fingerprint density at radius 2 is 2.11 bits per heavy atom. The number of nitrogens with two attached hydrogens (primary N) is 1. The zero-order chi connectivity index (χ0) is 13.1. The first-order chi connectivity index (χ1) is 8.59. The molecular weight excluding hydrogens is 288 g/mol. The molecule has 1 aromatic rings. The van der Waals surface area contributed by atoms with Gasteiger partial charge < -0.3 is 10.6 Å². The summed E-state index contributed by atoms with van der Waals surface area (Å²) in [6.07, 6.45) is 5.32. The highest BCUT2D eigenvalue weighted by Gasteiger charge is 2.18. The van der Waals surface area contributed by atoms with E-state index in [2.05, 4.69) is 46.0 Å². The predicted molar refractivity (Wildman–Crippen MR) is 82.0 cm³/mol. The molecule has 0 amide bonds. The molecule has 0 saturated carbocycles. The van der Waals surface area contributed by atoms with Crippen molar-refractivity contribution in [2.75, 3.05) is 11.4 Å². The molecule has 2 rings (SSSR count). The van der Waals surface area contributed by atoms with Gasteiger partial charge in [0, 0.05) is 28.8 Å². The molecule has 2 N–H and O–H groups in total. The fraction of sp³-hybridized carbons (Fsp3) is 0.600. The van der Waals surface area contributed by atoms with Gasteiger partial charge in [0.1, 0.15) is 0 Å². The van der Waals surface area contributed by atoms with Crippen LogP contribution in [0.15, 0.2) is 22.7 Å². The van der Waals surface area contributed by atoms with Gasteiger partial charge in [-0.2, -0.15) is 0 Å². The summed E-state index contributed by atoms with van der Waals surface area (Å²) < 4.78 is 1.13. The number of anilines is 1. The number of halogens is 1. The van der Waals surface area contributed by atoms with Crippen LogP contribution < -0.4 is 10.6 Å². The number of hydrogen-bond donors (Lipinski definition) is 1. The molecule has 2 nitrogen and oxygen atoms in total. The van der Waals surface area contributed by atoms with Gasteiger partial charge in [-0.15, -0.1) is 0 Å². The topological polar surface area (TPSA) is 29.3 Å². The second-order valence-corrected chi connectivity index (χ2v) is 6.24. The van der Waals surface area contributed by atoms with Crippen molar-refractivity contribution in [3.05, 3.63) is 28.2 Å². The van der Waals surface area contributed by atoms with E-state index in [0.29, 0.717) is 6.04 Å². The summed E-state index contributed by atoms with van der Waals surface area (Å²) in [6, 6.07) is 7.31. The van der Waals surface area contributed by atoms with E-state index in [4.69, 9.17) is 5.73 Å². The van der Waals surface area contributed by atoms with E-state index in [9.17, 15) is 0 Å². The van der Waals surface area contributed by atoms with E-state index < -0.39 is 0 Å². The summed E-state index contributed by atoms with van der Waals surface area (Å²) in [4.78, 5) is 2.53. The highest BCUT2D eigenvalue weighted by molar-refractivity contribution is 9.10. The van der Waals surface area contributed by atoms with E-state index in [1.807, 2.05) is 6.92 Å². The summed E-state index contributed by atoms with van der Waals surface area (Å²) in [5.41, 5.74) is 8.45. The minimum Gasteiger partial charge on any atom is -0.369 e. The molecule has 100 valence electrons. The maximum atomic E-state index is 5.95. The van der Waals surface area contributed by atoms with Gasteiger partial charge in [-0.1, -0.05) is 34.8 Å². The van der Waals surface area contributed by atoms with Gasteiger partial charge in [0.2, 0.25) is 0 Å². The van der Waals surface area contributed by atoms with E-state index in [1.165, 1.54) is 43.5 Å². The third-order valence-electron chi connectivity index (χ3n) is 3.86. The average Bonchev–Trinajstić information content (AvgIpc) is 2.53. The van der Waals surface area contributed by atoms with Crippen LogP contribution in [0.4, 0.5) is 5.69 Å². The molecule has 2 atom stereocenters. The highest BCUT2D eigenvalue weighted by atomic mass is 79.9. The van der Waals surface area contributed by atoms with Crippen LogP contribution in [0.1, 0.15) is 51.1 Å². The first-order valence-corrected chi connectivity index (χ1v) is 7.70. The highest BCUT2D eigenvalue weighted by Crippen LogP contribution is 2.30. The van der Waals surface area contributed by atoms with Crippen LogP contribution in [-0.4, -0.2) is 12.6 Å². The quantitative estimate of drug-likeness (QED) is 0.885. The van der Waals surface area contributed by atoms with Crippen molar-refractivity contribution in [3.8, 4) is 0 Å². The number of rotatable bonds is 2. The first kappa shape index (κ1) is 13.9. The molecule has 0 radical (unpaired) electrons. The minimum atomic E-state index is 0.0787. The predicted octanol–water partition coefficient (Wildman–Crippen LogP) is 4.24. The summed E-state index contributed by atoms with van der Waals surface area (Å²) in [5, 5.41) is 0. The van der Waals surface area contributed by atoms with Crippen molar-refractivity contribution in [1.29, 1.82) is 0 Å². The van der Waals surface area contributed by atoms with Crippen LogP contribution in [0.2, 0.25) is 0 Å². The van der Waals surface area contributed by atoms with E-state index >= 15 is 0 Å². The summed E-state index contributed by atoms with van der Waals surface area (Å²) in [5.74, 6) is 0. The van der Waals surface area contributed by atoms with Crippen molar-refractivity contribution in [2.24, 2.45) is 5.73 Å². The van der Waals surface area contributed by atoms with Gasteiger partial charge in [-0.3, -0.25) is 0 Å². The van der Waals surface area contributed by atoms with Crippen molar-refractivity contribution >= 4 is 21.6 Å². The molecule has 3 heteroatoms. The Kier molecular flexibility index (Phi) is 4.68. The summed E-state index contributed by atoms with van der Waals surface area (Å²) >= 11 is 3.65. The molecule has 1 aliphatic heterocycles. The normalized spacial score (nSPS) is 22.7. The largest absolute Gasteiger partial charge is 0.369 e. The Bertz CT molecular complexity index is 403. The molecule has 1 aromatic carbocycles. The lowest BCUT2D eigenvalue weighted by molar-refractivity contribution is 0.616. The molecule has 2 unspecified atom stereocenters. The van der Waals surface area contributed by atoms with E-state index in [0.717, 1.165) is 4.47 Å². The summed E-state index contributed by atoms with van der Waals surface area (Å²) in [7, 11) is 0. The third-order valence-corrected chi connectivity index (χ3v) is 4.55. The zero-order valence-corrected chi connectivity index (χ0v) is 12.9. The summed E-state index contributed by atoms with van der Waals surface area (Å²) in [6.45, 7) is 5.53. The average molecular weight is 311 g/mol. The van der Waals surface area contributed by atoms with Crippen LogP contribution in [-0.2, 0) is 0 Å². The lowest BCUT2D eigenvalue weighted by Crippen LogP contribution is -2.32. The third kappa shape index (κ3) is 3.07. The molecule has 1 fully saturated rings. The standard InChI is InChI=1S/C15H23BrN2/c1-11-6-4-3-5-9-18(11)13-7-8-14(12(2)17)15(16)10-13/h7-8,10-12H,3-6,9,17H2,1-2H3. The van der Waals surface area contributed by atoms with Crippen molar-refractivity contribution in [1.82, 2.24) is 0 Å². The fourth-order valence-electron chi connectivity index (χ4n) is 2.72. The zero-order valence-electron chi connectivity index (χ0n) is 11.3. The molecule has 0 bridgehead atoms. The molecule has 18 heavy (non-hydrogen) atoms. The number of hydrogen-bond acceptors (Lipinski definition) is 2. The van der Waals surface area contributed by atoms with Crippen LogP contribution in [0, 0.1) is 0 Å². The molecular formula is C15H23BrN2. The molecule has 1 saturated heterocycles. The first-order valence-electron chi connectivity index (χ1n) is 6.91. The van der Waals surface area contributed by atoms with Gasteiger partial charge in [0.15, 0.2) is 0 Å². The van der Waals surface area contributed by atoms with Gasteiger partial charge in [-0.25, -0.2) is 0 Å². The van der Waals surface area contributed by atoms with Crippen LogP contribution in [0.25, 0.3) is 0 Å². The number of benzene rings is 1. The molecule has 0 spiro atoms. The van der Waals surface area contributed by atoms with Gasteiger partial charge >= 0.3 is 0 Å². The maximum absolute atomic E-state index is 5.95. The van der Waals surface area contributed by atoms with Crippen LogP contribution in [0.5, 0.6) is 0 Å². The molecule has 1 heterocycles. The van der Waals surface area contributed by atoms with Gasteiger partial charge in [0.05, 0.1) is 0 Å². The Balaban J connectivity index is 2.24. The Labute approximate surface area is 119 Å². The van der Waals surface area contributed by atoms with E-state index in [1.54, 1.807) is 0 Å². The van der Waals surface area contributed by atoms with E-state index in [-0.39, 0.29) is 6.04 Å². The molecule has 1 aliphatic rings. The number of nitrogens with zero attached hydrogens (tertiary/aromatic N) is 1. The van der Waals surface area contributed by atoms with Crippen molar-refractivity contribution in [2.45, 2.75) is 51.6 Å². The minimum absolute atomic E-state index is 0.0787. The second kappa shape index (κ2) is 6.07. The lowest BCUT2D eigenvalue weighted by Gasteiger charge is -2.30. The maximum Gasteiger partial charge on any atom is 0.0380 e.